The molecule has 0 unspecified atom stereocenters. The Morgan fingerprint density at radius 3 is 2.70 bits per heavy atom. The highest BCUT2D eigenvalue weighted by atomic mass is 127. The molecule has 6 nitrogen and oxygen atoms in total. The molecule has 0 heterocycles. The number of guanidine groups is 1. The fourth-order valence-electron chi connectivity index (χ4n) is 2.64. The molecule has 1 aromatic rings. The molecule has 154 valence electrons. The van der Waals surface area contributed by atoms with E-state index in [2.05, 4.69) is 33.6 Å². The van der Waals surface area contributed by atoms with Crippen molar-refractivity contribution in [2.75, 3.05) is 54.1 Å². The van der Waals surface area contributed by atoms with E-state index in [4.69, 9.17) is 9.47 Å². The maximum Gasteiger partial charge on any atom is 0.191 e. The monoisotopic (exact) mass is 490 g/mol. The normalized spacial score (nSPS) is 14.0. The third-order valence-corrected chi connectivity index (χ3v) is 4.49. The zero-order chi connectivity index (χ0) is 18.6. The molecule has 0 aliphatic heterocycles. The molecule has 0 aromatic heterocycles. The van der Waals surface area contributed by atoms with E-state index in [1.54, 1.807) is 14.2 Å². The predicted octanol–water partition coefficient (Wildman–Crippen LogP) is 2.73. The number of hydrogen-bond acceptors (Lipinski definition) is 4. The number of likely N-dealkylation sites (N-methyl/N-ethyl adjacent to an activating group) is 1. The van der Waals surface area contributed by atoms with Crippen LogP contribution in [0.1, 0.15) is 24.8 Å². The lowest BCUT2D eigenvalue weighted by Gasteiger charge is -2.18. The number of benzene rings is 1. The quantitative estimate of drug-likeness (QED) is 0.204. The van der Waals surface area contributed by atoms with Crippen LogP contribution in [0.25, 0.3) is 0 Å². The largest absolute Gasteiger partial charge is 0.493 e. The fourth-order valence-corrected chi connectivity index (χ4v) is 2.64. The van der Waals surface area contributed by atoms with E-state index in [-0.39, 0.29) is 24.0 Å². The first kappa shape index (κ1) is 24.0. The Labute approximate surface area is 181 Å². The highest BCUT2D eigenvalue weighted by Gasteiger charge is 2.22. The zero-order valence-corrected chi connectivity index (χ0v) is 19.2. The van der Waals surface area contributed by atoms with Crippen molar-refractivity contribution in [1.29, 1.82) is 0 Å². The van der Waals surface area contributed by atoms with E-state index in [0.29, 0.717) is 6.54 Å². The second-order valence-electron chi connectivity index (χ2n) is 6.86. The Bertz CT molecular complexity index is 553. The second-order valence-corrected chi connectivity index (χ2v) is 6.86. The summed E-state index contributed by atoms with van der Waals surface area (Å²) in [5, 5.41) is 6.74. The Kier molecular flexibility index (Phi) is 12.4. The molecule has 0 amide bonds. The number of ether oxygens (including phenoxy) is 2. The number of nitrogens with one attached hydrogen (secondary N) is 2. The summed E-state index contributed by atoms with van der Waals surface area (Å²) in [4.78, 5) is 6.60. The summed E-state index contributed by atoms with van der Waals surface area (Å²) in [6.45, 7) is 5.19. The number of para-hydroxylation sites is 1. The van der Waals surface area contributed by atoms with Gasteiger partial charge in [0, 0.05) is 52.5 Å². The number of halogens is 1. The molecule has 1 saturated carbocycles. The van der Waals surface area contributed by atoms with E-state index in [9.17, 15) is 0 Å². The van der Waals surface area contributed by atoms with E-state index in [0.717, 1.165) is 62.5 Å². The molecule has 7 heteroatoms. The molecule has 0 atom stereocenters. The van der Waals surface area contributed by atoms with Crippen molar-refractivity contribution in [3.8, 4) is 5.75 Å². The summed E-state index contributed by atoms with van der Waals surface area (Å²) < 4.78 is 11.1. The number of methoxy groups -OCH3 is 1. The van der Waals surface area contributed by atoms with E-state index in [1.165, 1.54) is 12.8 Å². The molecule has 27 heavy (non-hydrogen) atoms. The van der Waals surface area contributed by atoms with Gasteiger partial charge in [0.05, 0.1) is 6.61 Å². The Balaban J connectivity index is 0.00000364. The number of rotatable bonds is 12. The topological polar surface area (TPSA) is 58.1 Å². The third-order valence-electron chi connectivity index (χ3n) is 4.49. The van der Waals surface area contributed by atoms with Crippen molar-refractivity contribution in [3.05, 3.63) is 29.8 Å². The minimum atomic E-state index is 0. The van der Waals surface area contributed by atoms with Crippen molar-refractivity contribution in [3.63, 3.8) is 0 Å². The smallest absolute Gasteiger partial charge is 0.191 e. The van der Waals surface area contributed by atoms with Crippen molar-refractivity contribution < 1.29 is 9.47 Å². The lowest BCUT2D eigenvalue weighted by molar-refractivity contribution is 0.180. The zero-order valence-electron chi connectivity index (χ0n) is 16.9. The van der Waals surface area contributed by atoms with Gasteiger partial charge in [-0.1, -0.05) is 18.2 Å². The van der Waals surface area contributed by atoms with Crippen molar-refractivity contribution in [2.45, 2.75) is 25.8 Å². The van der Waals surface area contributed by atoms with Gasteiger partial charge in [-0.3, -0.25) is 4.99 Å². The third kappa shape index (κ3) is 10.2. The summed E-state index contributed by atoms with van der Waals surface area (Å²) in [6, 6.07) is 8.22. The van der Waals surface area contributed by atoms with Crippen molar-refractivity contribution in [2.24, 2.45) is 10.9 Å². The van der Waals surface area contributed by atoms with Crippen LogP contribution in [0.15, 0.2) is 29.3 Å². The maximum atomic E-state index is 5.97. The highest BCUT2D eigenvalue weighted by Crippen LogP contribution is 2.30. The molecule has 0 bridgehead atoms. The summed E-state index contributed by atoms with van der Waals surface area (Å²) in [5.74, 6) is 2.54. The van der Waals surface area contributed by atoms with Crippen molar-refractivity contribution in [1.82, 2.24) is 15.5 Å². The van der Waals surface area contributed by atoms with Gasteiger partial charge < -0.3 is 25.0 Å². The second kappa shape index (κ2) is 14.0. The summed E-state index contributed by atoms with van der Waals surface area (Å²) in [5.41, 5.74) is 1.16. The van der Waals surface area contributed by atoms with Gasteiger partial charge in [0.2, 0.25) is 0 Å². The van der Waals surface area contributed by atoms with Crippen LogP contribution in [0.3, 0.4) is 0 Å². The minimum absolute atomic E-state index is 0. The lowest BCUT2D eigenvalue weighted by Crippen LogP contribution is -2.40. The van der Waals surface area contributed by atoms with E-state index in [1.807, 2.05) is 18.2 Å². The van der Waals surface area contributed by atoms with E-state index >= 15 is 0 Å². The minimum Gasteiger partial charge on any atom is -0.493 e. The number of hydrogen-bond donors (Lipinski definition) is 2. The Hall–Kier alpha value is -1.06. The number of aliphatic imine (C=N–C) groups is 1. The van der Waals surface area contributed by atoms with Gasteiger partial charge in [-0.05, 0) is 38.3 Å². The van der Waals surface area contributed by atoms with Gasteiger partial charge in [0.25, 0.3) is 0 Å². The first-order valence-electron chi connectivity index (χ1n) is 9.55. The molecule has 1 aliphatic carbocycles. The molecular formula is C20H35IN4O2. The maximum absolute atomic E-state index is 5.97. The molecule has 1 fully saturated rings. The molecule has 1 aromatic carbocycles. The predicted molar refractivity (Wildman–Crippen MR) is 122 cm³/mol. The average Bonchev–Trinajstić information content (AvgIpc) is 3.48. The van der Waals surface area contributed by atoms with E-state index < -0.39 is 0 Å². The molecule has 0 radical (unpaired) electrons. The van der Waals surface area contributed by atoms with Crippen LogP contribution in [0.2, 0.25) is 0 Å². The Morgan fingerprint density at radius 2 is 2.00 bits per heavy atom. The first-order valence-corrected chi connectivity index (χ1v) is 9.55. The standard InChI is InChI=1S/C20H34N4O2.HI/c1-21-20(22-11-13-24(2)12-6-14-25-3)23-15-18-7-4-5-8-19(18)26-16-17-9-10-17;/h4-5,7-8,17H,6,9-16H2,1-3H3,(H2,21,22,23);1H. The van der Waals surface area contributed by atoms with Gasteiger partial charge in [-0.25, -0.2) is 0 Å². The SMILES string of the molecule is CN=C(NCCN(C)CCCOC)NCc1ccccc1OCC1CC1.I. The highest BCUT2D eigenvalue weighted by molar-refractivity contribution is 14.0. The lowest BCUT2D eigenvalue weighted by atomic mass is 10.2. The summed E-state index contributed by atoms with van der Waals surface area (Å²) >= 11 is 0. The van der Waals surface area contributed by atoms with Gasteiger partial charge in [-0.15, -0.1) is 24.0 Å². The van der Waals surface area contributed by atoms with Gasteiger partial charge in [-0.2, -0.15) is 0 Å². The van der Waals surface area contributed by atoms with Crippen LogP contribution < -0.4 is 15.4 Å². The van der Waals surface area contributed by atoms with Crippen LogP contribution in [-0.2, 0) is 11.3 Å². The van der Waals surface area contributed by atoms with Crippen LogP contribution in [0.5, 0.6) is 5.75 Å². The Morgan fingerprint density at radius 1 is 1.22 bits per heavy atom. The number of nitrogens with zero attached hydrogens (tertiary/aromatic N) is 2. The molecule has 0 saturated heterocycles. The van der Waals surface area contributed by atoms with Crippen LogP contribution in [0, 0.1) is 5.92 Å². The average molecular weight is 490 g/mol. The fraction of sp³-hybridized carbons (Fsp3) is 0.650. The first-order chi connectivity index (χ1) is 12.7. The van der Waals surface area contributed by atoms with Gasteiger partial charge in [0.1, 0.15) is 5.75 Å². The molecule has 0 spiro atoms. The van der Waals surface area contributed by atoms with Gasteiger partial charge >= 0.3 is 0 Å². The molecule has 1 aliphatic rings. The molecular weight excluding hydrogens is 455 g/mol. The van der Waals surface area contributed by atoms with Crippen LogP contribution >= 0.6 is 24.0 Å². The summed E-state index contributed by atoms with van der Waals surface area (Å²) in [7, 11) is 5.67. The van der Waals surface area contributed by atoms with Crippen LogP contribution in [-0.4, -0.2) is 64.9 Å². The van der Waals surface area contributed by atoms with Gasteiger partial charge in [0.15, 0.2) is 5.96 Å². The molecule has 2 N–H and O–H groups in total. The van der Waals surface area contributed by atoms with Crippen LogP contribution in [0.4, 0.5) is 0 Å². The summed E-state index contributed by atoms with van der Waals surface area (Å²) in [6.07, 6.45) is 3.66. The molecule has 2 rings (SSSR count). The van der Waals surface area contributed by atoms with Crippen molar-refractivity contribution >= 4 is 29.9 Å².